The molecule has 0 saturated carbocycles. The normalized spacial score (nSPS) is 13.5. The van der Waals surface area contributed by atoms with Crippen molar-refractivity contribution in [2.24, 2.45) is 5.73 Å². The molecule has 86 valence electrons. The van der Waals surface area contributed by atoms with E-state index < -0.39 is 0 Å². The molecule has 2 nitrogen and oxygen atoms in total. The third-order valence-corrected chi connectivity index (χ3v) is 2.61. The average Bonchev–Trinajstić information content (AvgIpc) is 2.19. The van der Waals surface area contributed by atoms with Gasteiger partial charge in [-0.25, -0.2) is 0 Å². The Bertz CT molecular complexity index is 292. The molecule has 0 unspecified atom stereocenters. The van der Waals surface area contributed by atoms with Gasteiger partial charge in [-0.05, 0) is 24.5 Å². The minimum absolute atomic E-state index is 0. The van der Waals surface area contributed by atoms with Crippen molar-refractivity contribution < 1.29 is 0 Å². The molecular formula is C11H18Cl2N2. The van der Waals surface area contributed by atoms with Crippen LogP contribution >= 0.6 is 24.8 Å². The maximum atomic E-state index is 5.57. The van der Waals surface area contributed by atoms with Crippen LogP contribution in [0, 0.1) is 0 Å². The molecule has 15 heavy (non-hydrogen) atoms. The summed E-state index contributed by atoms with van der Waals surface area (Å²) in [5, 5.41) is 0. The lowest BCUT2D eigenvalue weighted by atomic mass is 10.0. The van der Waals surface area contributed by atoms with Crippen LogP contribution in [0.4, 0.5) is 5.69 Å². The number of aryl methyl sites for hydroxylation is 1. The summed E-state index contributed by atoms with van der Waals surface area (Å²) in [5.74, 6) is 0. The van der Waals surface area contributed by atoms with E-state index in [0.29, 0.717) is 0 Å². The van der Waals surface area contributed by atoms with Crippen molar-refractivity contribution in [2.75, 3.05) is 24.5 Å². The first-order chi connectivity index (χ1) is 6.42. The zero-order valence-corrected chi connectivity index (χ0v) is 10.3. The lowest BCUT2D eigenvalue weighted by Gasteiger charge is -2.30. The van der Waals surface area contributed by atoms with E-state index in [2.05, 4.69) is 29.2 Å². The summed E-state index contributed by atoms with van der Waals surface area (Å²) < 4.78 is 0. The van der Waals surface area contributed by atoms with Crippen LogP contribution in [0.15, 0.2) is 24.3 Å². The maximum Gasteiger partial charge on any atom is 0.0399 e. The molecular weight excluding hydrogens is 231 g/mol. The molecule has 1 aliphatic rings. The zero-order valence-electron chi connectivity index (χ0n) is 8.69. The number of para-hydroxylation sites is 1. The molecule has 0 spiro atoms. The van der Waals surface area contributed by atoms with Crippen LogP contribution in [0.1, 0.15) is 12.0 Å². The number of benzene rings is 1. The highest BCUT2D eigenvalue weighted by atomic mass is 35.5. The summed E-state index contributed by atoms with van der Waals surface area (Å²) in [4.78, 5) is 2.39. The highest BCUT2D eigenvalue weighted by molar-refractivity contribution is 5.85. The first-order valence-electron chi connectivity index (χ1n) is 4.95. The molecule has 1 heterocycles. The van der Waals surface area contributed by atoms with Crippen molar-refractivity contribution in [1.29, 1.82) is 0 Å². The van der Waals surface area contributed by atoms with E-state index in [4.69, 9.17) is 5.73 Å². The monoisotopic (exact) mass is 248 g/mol. The van der Waals surface area contributed by atoms with Crippen LogP contribution in [-0.4, -0.2) is 19.6 Å². The molecule has 0 saturated heterocycles. The SMILES string of the molecule is Cl.Cl.NCCN1CCCc2ccccc21. The van der Waals surface area contributed by atoms with Crippen molar-refractivity contribution in [1.82, 2.24) is 0 Å². The van der Waals surface area contributed by atoms with Crippen LogP contribution in [-0.2, 0) is 6.42 Å². The van der Waals surface area contributed by atoms with Crippen molar-refractivity contribution in [2.45, 2.75) is 12.8 Å². The minimum atomic E-state index is 0. The zero-order chi connectivity index (χ0) is 9.10. The predicted molar refractivity (Wildman–Crippen MR) is 70.5 cm³/mol. The molecule has 1 aliphatic heterocycles. The largest absolute Gasteiger partial charge is 0.370 e. The number of nitrogens with zero attached hydrogens (tertiary/aromatic N) is 1. The second-order valence-corrected chi connectivity index (χ2v) is 3.51. The summed E-state index contributed by atoms with van der Waals surface area (Å²) in [6.45, 7) is 2.89. The third-order valence-electron chi connectivity index (χ3n) is 2.61. The van der Waals surface area contributed by atoms with Gasteiger partial charge in [0, 0.05) is 25.3 Å². The van der Waals surface area contributed by atoms with Gasteiger partial charge in [0.25, 0.3) is 0 Å². The molecule has 2 N–H and O–H groups in total. The van der Waals surface area contributed by atoms with Gasteiger partial charge in [-0.15, -0.1) is 24.8 Å². The van der Waals surface area contributed by atoms with Gasteiger partial charge < -0.3 is 10.6 Å². The second-order valence-electron chi connectivity index (χ2n) is 3.51. The Labute approximate surface area is 104 Å². The van der Waals surface area contributed by atoms with E-state index in [9.17, 15) is 0 Å². The average molecular weight is 249 g/mol. The Hall–Kier alpha value is -0.440. The lowest BCUT2D eigenvalue weighted by molar-refractivity contribution is 0.692. The van der Waals surface area contributed by atoms with Crippen molar-refractivity contribution in [3.8, 4) is 0 Å². The first kappa shape index (κ1) is 14.6. The van der Waals surface area contributed by atoms with Crippen LogP contribution < -0.4 is 10.6 Å². The highest BCUT2D eigenvalue weighted by Gasteiger charge is 2.14. The number of anilines is 1. The van der Waals surface area contributed by atoms with E-state index in [-0.39, 0.29) is 24.8 Å². The molecule has 0 aromatic heterocycles. The quantitative estimate of drug-likeness (QED) is 0.871. The van der Waals surface area contributed by atoms with Gasteiger partial charge in [0.15, 0.2) is 0 Å². The summed E-state index contributed by atoms with van der Waals surface area (Å²) in [6, 6.07) is 8.64. The van der Waals surface area contributed by atoms with Gasteiger partial charge >= 0.3 is 0 Å². The lowest BCUT2D eigenvalue weighted by Crippen LogP contribution is -2.33. The molecule has 1 aromatic rings. The van der Waals surface area contributed by atoms with Gasteiger partial charge in [0.05, 0.1) is 0 Å². The van der Waals surface area contributed by atoms with Gasteiger partial charge in [-0.1, -0.05) is 18.2 Å². The number of rotatable bonds is 2. The molecule has 2 rings (SSSR count). The first-order valence-corrected chi connectivity index (χ1v) is 4.95. The molecule has 0 radical (unpaired) electrons. The Morgan fingerprint density at radius 3 is 2.67 bits per heavy atom. The minimum Gasteiger partial charge on any atom is -0.370 e. The highest BCUT2D eigenvalue weighted by Crippen LogP contribution is 2.25. The molecule has 4 heteroatoms. The molecule has 0 bridgehead atoms. The number of halogens is 2. The Morgan fingerprint density at radius 1 is 1.20 bits per heavy atom. The molecule has 0 fully saturated rings. The second kappa shape index (κ2) is 6.94. The van der Waals surface area contributed by atoms with Gasteiger partial charge in [0.1, 0.15) is 0 Å². The van der Waals surface area contributed by atoms with Crippen molar-refractivity contribution >= 4 is 30.5 Å². The van der Waals surface area contributed by atoms with Crippen LogP contribution in [0.5, 0.6) is 0 Å². The fourth-order valence-electron chi connectivity index (χ4n) is 2.00. The fraction of sp³-hybridized carbons (Fsp3) is 0.455. The van der Waals surface area contributed by atoms with Gasteiger partial charge in [-0.2, -0.15) is 0 Å². The topological polar surface area (TPSA) is 29.3 Å². The van der Waals surface area contributed by atoms with Gasteiger partial charge in [-0.3, -0.25) is 0 Å². The van der Waals surface area contributed by atoms with E-state index in [1.54, 1.807) is 0 Å². The van der Waals surface area contributed by atoms with Gasteiger partial charge in [0.2, 0.25) is 0 Å². The fourth-order valence-corrected chi connectivity index (χ4v) is 2.00. The standard InChI is InChI=1S/C11H16N2.2ClH/c12-7-9-13-8-3-5-10-4-1-2-6-11(10)13;;/h1-2,4,6H,3,5,7-9,12H2;2*1H. The Balaban J connectivity index is 0.000000980. The van der Waals surface area contributed by atoms with E-state index in [1.165, 1.54) is 24.1 Å². The summed E-state index contributed by atoms with van der Waals surface area (Å²) in [5.41, 5.74) is 8.44. The number of fused-ring (bicyclic) bond motifs is 1. The van der Waals surface area contributed by atoms with E-state index in [0.717, 1.165) is 19.6 Å². The van der Waals surface area contributed by atoms with E-state index >= 15 is 0 Å². The molecule has 0 aliphatic carbocycles. The van der Waals surface area contributed by atoms with Crippen molar-refractivity contribution in [3.05, 3.63) is 29.8 Å². The third kappa shape index (κ3) is 3.26. The van der Waals surface area contributed by atoms with Crippen LogP contribution in [0.25, 0.3) is 0 Å². The molecule has 0 amide bonds. The van der Waals surface area contributed by atoms with Crippen molar-refractivity contribution in [3.63, 3.8) is 0 Å². The molecule has 0 atom stereocenters. The summed E-state index contributed by atoms with van der Waals surface area (Å²) in [6.07, 6.45) is 2.48. The maximum absolute atomic E-state index is 5.57. The van der Waals surface area contributed by atoms with Crippen LogP contribution in [0.2, 0.25) is 0 Å². The predicted octanol–water partition coefficient (Wildman–Crippen LogP) is 2.24. The number of nitrogens with two attached hydrogens (primary N) is 1. The summed E-state index contributed by atoms with van der Waals surface area (Å²) in [7, 11) is 0. The molecule has 1 aromatic carbocycles. The smallest absolute Gasteiger partial charge is 0.0399 e. The number of hydrogen-bond donors (Lipinski definition) is 1. The Morgan fingerprint density at radius 2 is 1.93 bits per heavy atom. The Kier molecular flexibility index (Phi) is 6.73. The van der Waals surface area contributed by atoms with Crippen LogP contribution in [0.3, 0.4) is 0 Å². The van der Waals surface area contributed by atoms with E-state index in [1.807, 2.05) is 0 Å². The summed E-state index contributed by atoms with van der Waals surface area (Å²) >= 11 is 0. The number of hydrogen-bond acceptors (Lipinski definition) is 2.